The first-order chi connectivity index (χ1) is 17.3. The van der Waals surface area contributed by atoms with Crippen molar-refractivity contribution < 1.29 is 9.47 Å². The number of terminal acetylenes is 1. The molecule has 0 aliphatic carbocycles. The molecular formula is C29H26IN3O3. The van der Waals surface area contributed by atoms with Gasteiger partial charge in [-0.2, -0.15) is 9.78 Å². The summed E-state index contributed by atoms with van der Waals surface area (Å²) in [6, 6.07) is 17.0. The zero-order valence-corrected chi connectivity index (χ0v) is 22.7. The molecule has 36 heavy (non-hydrogen) atoms. The molecule has 182 valence electrons. The molecule has 0 fully saturated rings. The number of fused-ring (bicyclic) bond motifs is 1. The van der Waals surface area contributed by atoms with Crippen LogP contribution >= 0.6 is 22.6 Å². The Bertz CT molecular complexity index is 1570. The molecule has 0 amide bonds. The number of para-hydroxylation sites is 1. The number of ether oxygens (including phenoxy) is 2. The van der Waals surface area contributed by atoms with E-state index >= 15 is 0 Å². The molecule has 0 aliphatic rings. The van der Waals surface area contributed by atoms with Crippen LogP contribution in [0, 0.1) is 22.8 Å². The van der Waals surface area contributed by atoms with Crippen LogP contribution in [0.2, 0.25) is 0 Å². The first-order valence-electron chi connectivity index (χ1n) is 11.4. The first-order valence-corrected chi connectivity index (χ1v) is 12.5. The van der Waals surface area contributed by atoms with Gasteiger partial charge in [-0.25, -0.2) is 4.98 Å². The highest BCUT2D eigenvalue weighted by molar-refractivity contribution is 14.1. The molecular weight excluding hydrogens is 565 g/mol. The number of hydrogen-bond donors (Lipinski definition) is 0. The van der Waals surface area contributed by atoms with E-state index in [9.17, 15) is 4.79 Å². The molecule has 1 aromatic heterocycles. The number of aromatic nitrogens is 2. The average Bonchev–Trinajstić information content (AvgIpc) is 2.87. The van der Waals surface area contributed by atoms with Crippen LogP contribution in [0.1, 0.15) is 36.5 Å². The first kappa shape index (κ1) is 25.5. The number of benzene rings is 3. The summed E-state index contributed by atoms with van der Waals surface area (Å²) in [6.45, 7) is 6.39. The van der Waals surface area contributed by atoms with Gasteiger partial charge in [-0.05, 0) is 94.6 Å². The van der Waals surface area contributed by atoms with Gasteiger partial charge in [0.05, 0.1) is 27.8 Å². The van der Waals surface area contributed by atoms with Crippen LogP contribution in [-0.2, 0) is 0 Å². The van der Waals surface area contributed by atoms with Gasteiger partial charge in [0.2, 0.25) is 0 Å². The zero-order chi connectivity index (χ0) is 25.8. The summed E-state index contributed by atoms with van der Waals surface area (Å²) in [5, 5.41) is 5.10. The maximum atomic E-state index is 13.6. The molecule has 3 aromatic carbocycles. The van der Waals surface area contributed by atoms with E-state index in [-0.39, 0.29) is 18.1 Å². The van der Waals surface area contributed by atoms with Gasteiger partial charge in [0, 0.05) is 5.56 Å². The van der Waals surface area contributed by atoms with Crippen LogP contribution in [-0.4, -0.2) is 29.6 Å². The summed E-state index contributed by atoms with van der Waals surface area (Å²) in [4.78, 5) is 18.4. The van der Waals surface area contributed by atoms with Gasteiger partial charge in [-0.15, -0.1) is 6.42 Å². The summed E-state index contributed by atoms with van der Waals surface area (Å²) < 4.78 is 13.4. The van der Waals surface area contributed by atoms with Crippen molar-refractivity contribution in [2.24, 2.45) is 5.10 Å². The van der Waals surface area contributed by atoms with Crippen LogP contribution in [0.15, 0.2) is 64.5 Å². The van der Waals surface area contributed by atoms with E-state index in [1.165, 1.54) is 4.68 Å². The minimum Gasteiger partial charge on any atom is -0.496 e. The molecule has 4 aromatic rings. The smallest absolute Gasteiger partial charge is 0.282 e. The van der Waals surface area contributed by atoms with Crippen LogP contribution in [0.4, 0.5) is 0 Å². The zero-order valence-electron chi connectivity index (χ0n) is 20.6. The van der Waals surface area contributed by atoms with Gasteiger partial charge < -0.3 is 9.47 Å². The summed E-state index contributed by atoms with van der Waals surface area (Å²) >= 11 is 2.19. The van der Waals surface area contributed by atoms with E-state index in [1.807, 2.05) is 55.5 Å². The molecule has 4 rings (SSSR count). The summed E-state index contributed by atoms with van der Waals surface area (Å²) in [5.41, 5.74) is 3.99. The normalized spacial score (nSPS) is 11.2. The number of aryl methyl sites for hydroxylation is 1. The maximum absolute atomic E-state index is 13.6. The summed E-state index contributed by atoms with van der Waals surface area (Å²) in [5.74, 6) is 4.67. The Balaban J connectivity index is 1.90. The second-order valence-corrected chi connectivity index (χ2v) is 9.72. The van der Waals surface area contributed by atoms with E-state index in [1.54, 1.807) is 19.4 Å². The van der Waals surface area contributed by atoms with E-state index in [0.717, 1.165) is 31.6 Å². The minimum absolute atomic E-state index is 0.199. The fraction of sp³-hybridized carbons (Fsp3) is 0.207. The number of rotatable bonds is 7. The van der Waals surface area contributed by atoms with Crippen LogP contribution in [0.25, 0.3) is 22.3 Å². The Morgan fingerprint density at radius 2 is 1.94 bits per heavy atom. The molecule has 0 saturated heterocycles. The third-order valence-corrected chi connectivity index (χ3v) is 6.63. The molecule has 0 unspecified atom stereocenters. The van der Waals surface area contributed by atoms with E-state index in [2.05, 4.69) is 47.5 Å². The number of hydrogen-bond acceptors (Lipinski definition) is 5. The monoisotopic (exact) mass is 591 g/mol. The van der Waals surface area contributed by atoms with Gasteiger partial charge in [0.25, 0.3) is 5.56 Å². The van der Waals surface area contributed by atoms with Crippen molar-refractivity contribution in [3.8, 4) is 35.2 Å². The number of methoxy groups -OCH3 is 1. The topological polar surface area (TPSA) is 65.7 Å². The quantitative estimate of drug-likeness (QED) is 0.150. The standard InChI is InChI=1S/C29H26IN3O3/c1-6-13-36-26-12-11-20(15-24(26)30)17-31-33-28(32-25-10-8-7-9-21(25)29(33)34)23-16-22(18(2)3)27(35-5)14-19(23)4/h1,7-12,14-18H,13H2,2-5H3. The molecule has 1 heterocycles. The Kier molecular flexibility index (Phi) is 7.75. The van der Waals surface area contributed by atoms with Crippen molar-refractivity contribution in [3.63, 3.8) is 0 Å². The van der Waals surface area contributed by atoms with Crippen molar-refractivity contribution in [2.45, 2.75) is 26.7 Å². The number of nitrogens with zero attached hydrogens (tertiary/aromatic N) is 3. The largest absolute Gasteiger partial charge is 0.496 e. The Morgan fingerprint density at radius 3 is 2.64 bits per heavy atom. The van der Waals surface area contributed by atoms with Gasteiger partial charge in [-0.1, -0.05) is 31.9 Å². The molecule has 0 N–H and O–H groups in total. The Hall–Kier alpha value is -3.64. The lowest BCUT2D eigenvalue weighted by Crippen LogP contribution is -2.20. The van der Waals surface area contributed by atoms with Crippen molar-refractivity contribution in [3.05, 3.63) is 85.2 Å². The highest BCUT2D eigenvalue weighted by Gasteiger charge is 2.18. The molecule has 7 heteroatoms. The molecule has 0 bridgehead atoms. The van der Waals surface area contributed by atoms with Crippen molar-refractivity contribution >= 4 is 39.7 Å². The summed E-state index contributed by atoms with van der Waals surface area (Å²) in [6.07, 6.45) is 6.94. The van der Waals surface area contributed by atoms with Gasteiger partial charge in [0.1, 0.15) is 18.1 Å². The predicted molar refractivity (Wildman–Crippen MR) is 153 cm³/mol. The van der Waals surface area contributed by atoms with Crippen LogP contribution in [0.5, 0.6) is 11.5 Å². The summed E-state index contributed by atoms with van der Waals surface area (Å²) in [7, 11) is 1.67. The lowest BCUT2D eigenvalue weighted by Gasteiger charge is -2.17. The lowest BCUT2D eigenvalue weighted by atomic mass is 9.96. The third-order valence-electron chi connectivity index (χ3n) is 5.78. The van der Waals surface area contributed by atoms with Crippen LogP contribution in [0.3, 0.4) is 0 Å². The average molecular weight is 591 g/mol. The lowest BCUT2D eigenvalue weighted by molar-refractivity contribution is 0.368. The predicted octanol–water partition coefficient (Wildman–Crippen LogP) is 6.00. The number of halogens is 1. The van der Waals surface area contributed by atoms with E-state index in [4.69, 9.17) is 20.9 Å². The van der Waals surface area contributed by atoms with Gasteiger partial charge in [-0.3, -0.25) is 4.79 Å². The SMILES string of the molecule is C#CCOc1ccc(C=Nn2c(-c3cc(C(C)C)c(OC)cc3C)nc3ccccc3c2=O)cc1I. The Labute approximate surface area is 224 Å². The highest BCUT2D eigenvalue weighted by Crippen LogP contribution is 2.34. The van der Waals surface area contributed by atoms with Gasteiger partial charge >= 0.3 is 0 Å². The minimum atomic E-state index is -0.239. The van der Waals surface area contributed by atoms with Crippen molar-refractivity contribution in [1.82, 2.24) is 9.66 Å². The fourth-order valence-electron chi connectivity index (χ4n) is 3.93. The van der Waals surface area contributed by atoms with Crippen molar-refractivity contribution in [2.75, 3.05) is 13.7 Å². The second-order valence-electron chi connectivity index (χ2n) is 8.56. The van der Waals surface area contributed by atoms with E-state index in [0.29, 0.717) is 22.5 Å². The molecule has 0 aliphatic heterocycles. The maximum Gasteiger partial charge on any atom is 0.282 e. The van der Waals surface area contributed by atoms with Crippen molar-refractivity contribution in [1.29, 1.82) is 0 Å². The molecule has 0 spiro atoms. The second kappa shape index (κ2) is 11.0. The highest BCUT2D eigenvalue weighted by atomic mass is 127. The molecule has 0 atom stereocenters. The van der Waals surface area contributed by atoms with E-state index < -0.39 is 0 Å². The Morgan fingerprint density at radius 1 is 1.17 bits per heavy atom. The third kappa shape index (κ3) is 5.14. The molecule has 0 radical (unpaired) electrons. The fourth-order valence-corrected chi connectivity index (χ4v) is 4.63. The molecule has 6 nitrogen and oxygen atoms in total. The van der Waals surface area contributed by atoms with Gasteiger partial charge in [0.15, 0.2) is 5.82 Å². The van der Waals surface area contributed by atoms with Crippen LogP contribution < -0.4 is 15.0 Å². The molecule has 0 saturated carbocycles.